The molecule has 0 amide bonds. The highest BCUT2D eigenvalue weighted by atomic mass is 28.3. The van der Waals surface area contributed by atoms with E-state index in [1.807, 2.05) is 0 Å². The van der Waals surface area contributed by atoms with Crippen molar-refractivity contribution < 1.29 is 27.4 Å². The summed E-state index contributed by atoms with van der Waals surface area (Å²) in [6, 6.07) is 0.879. The highest BCUT2D eigenvalue weighted by molar-refractivity contribution is 6.76. The van der Waals surface area contributed by atoms with Crippen LogP contribution in [0.5, 0.6) is 0 Å². The molecule has 0 spiro atoms. The lowest BCUT2D eigenvalue weighted by atomic mass is 10.1. The van der Waals surface area contributed by atoms with Gasteiger partial charge < -0.3 is 9.47 Å². The summed E-state index contributed by atoms with van der Waals surface area (Å²) >= 11 is 0. The number of fused-ring (bicyclic) bond motifs is 1. The predicted molar refractivity (Wildman–Crippen MR) is 88.0 cm³/mol. The Hall–Kier alpha value is -1.94. The average molecular weight is 375 g/mol. The largest absolute Gasteiger partial charge is 0.465 e. The molecule has 0 aliphatic rings. The molecule has 2 rings (SSSR count). The Bertz CT molecular complexity index is 769. The number of alkyl halides is 3. The first kappa shape index (κ1) is 19.4. The van der Waals surface area contributed by atoms with Crippen molar-refractivity contribution >= 4 is 24.9 Å². The van der Waals surface area contributed by atoms with Crippen LogP contribution in [-0.2, 0) is 22.4 Å². The normalized spacial score (nSPS) is 12.6. The van der Waals surface area contributed by atoms with E-state index in [-0.39, 0.29) is 23.2 Å². The maximum atomic E-state index is 13.3. The molecule has 2 aromatic rings. The second-order valence-electron chi connectivity index (χ2n) is 6.76. The summed E-state index contributed by atoms with van der Waals surface area (Å²) in [4.78, 5) is 15.2. The summed E-state index contributed by atoms with van der Waals surface area (Å²) in [6.45, 7) is 6.81. The van der Waals surface area contributed by atoms with Crippen LogP contribution in [0.3, 0.4) is 0 Å². The molecule has 0 fully saturated rings. The topological polar surface area (TPSA) is 66.2 Å². The highest BCUT2D eigenvalue weighted by Crippen LogP contribution is 2.34. The number of methoxy groups -OCH3 is 1. The minimum absolute atomic E-state index is 0.0305. The van der Waals surface area contributed by atoms with E-state index in [0.29, 0.717) is 6.61 Å². The fourth-order valence-corrected chi connectivity index (χ4v) is 2.96. The van der Waals surface area contributed by atoms with E-state index in [4.69, 9.17) is 4.74 Å². The van der Waals surface area contributed by atoms with Crippen LogP contribution in [0, 0.1) is 0 Å². The van der Waals surface area contributed by atoms with Crippen LogP contribution in [0.2, 0.25) is 25.7 Å². The quantitative estimate of drug-likeness (QED) is 0.439. The molecular weight excluding hydrogens is 355 g/mol. The molecule has 138 valence electrons. The van der Waals surface area contributed by atoms with Crippen LogP contribution < -0.4 is 0 Å². The van der Waals surface area contributed by atoms with Crippen molar-refractivity contribution in [1.29, 1.82) is 0 Å². The van der Waals surface area contributed by atoms with Gasteiger partial charge in [-0.05, 0) is 6.04 Å². The fourth-order valence-electron chi connectivity index (χ4n) is 2.20. The molecule has 10 heteroatoms. The Morgan fingerprint density at radius 1 is 1.28 bits per heavy atom. The lowest BCUT2D eigenvalue weighted by Gasteiger charge is -2.16. The van der Waals surface area contributed by atoms with Gasteiger partial charge in [-0.15, -0.1) is 0 Å². The van der Waals surface area contributed by atoms with Gasteiger partial charge in [-0.2, -0.15) is 18.3 Å². The fraction of sp³-hybridized carbons (Fsp3) is 0.533. The number of carbonyl (C=O) groups excluding carboxylic acids is 1. The van der Waals surface area contributed by atoms with Gasteiger partial charge in [0, 0.05) is 26.3 Å². The number of aromatic nitrogens is 3. The van der Waals surface area contributed by atoms with Gasteiger partial charge in [0.05, 0.1) is 18.9 Å². The summed E-state index contributed by atoms with van der Waals surface area (Å²) in [6.07, 6.45) is -2.63. The van der Waals surface area contributed by atoms with Crippen molar-refractivity contribution in [3.8, 4) is 0 Å². The van der Waals surface area contributed by atoms with E-state index in [1.165, 1.54) is 6.20 Å². The second kappa shape index (κ2) is 7.12. The summed E-state index contributed by atoms with van der Waals surface area (Å²) in [5.74, 6) is -0.773. The first-order valence-electron chi connectivity index (χ1n) is 7.62. The number of ether oxygens (including phenoxy) is 2. The molecule has 2 aromatic heterocycles. The molecule has 0 atom stereocenters. The first-order valence-corrected chi connectivity index (χ1v) is 11.3. The molecule has 0 aliphatic heterocycles. The van der Waals surface area contributed by atoms with E-state index in [0.717, 1.165) is 24.0 Å². The molecule has 0 radical (unpaired) electrons. The van der Waals surface area contributed by atoms with Gasteiger partial charge in [-0.3, -0.25) is 0 Å². The zero-order valence-electron chi connectivity index (χ0n) is 14.5. The summed E-state index contributed by atoms with van der Waals surface area (Å²) in [5.41, 5.74) is -1.47. The number of hydrogen-bond donors (Lipinski definition) is 0. The number of carbonyl (C=O) groups is 1. The van der Waals surface area contributed by atoms with Crippen LogP contribution in [-0.4, -0.2) is 42.5 Å². The molecule has 0 N–H and O–H groups in total. The number of hydrogen-bond acceptors (Lipinski definition) is 5. The standard InChI is InChI=1S/C15H20F3N3O3Si/c1-23-14(22)11-7-19-13(15(16,17)18)12-10(11)8-20-21(12)9-24-5-6-25(2,3)4/h7-8H,5-6,9H2,1-4H3. The Kier molecular flexibility index (Phi) is 5.52. The van der Waals surface area contributed by atoms with E-state index >= 15 is 0 Å². The van der Waals surface area contributed by atoms with Gasteiger partial charge in [0.1, 0.15) is 12.2 Å². The molecule has 0 aromatic carbocycles. The van der Waals surface area contributed by atoms with Crippen LogP contribution in [0.4, 0.5) is 13.2 Å². The maximum absolute atomic E-state index is 13.3. The molecule has 0 saturated heterocycles. The van der Waals surface area contributed by atoms with Crippen molar-refractivity contribution in [2.45, 2.75) is 38.6 Å². The smallest absolute Gasteiger partial charge is 0.435 e. The van der Waals surface area contributed by atoms with E-state index in [9.17, 15) is 18.0 Å². The number of esters is 1. The number of halogens is 3. The zero-order valence-corrected chi connectivity index (χ0v) is 15.5. The lowest BCUT2D eigenvalue weighted by Crippen LogP contribution is -2.22. The molecule has 6 nitrogen and oxygen atoms in total. The third-order valence-corrected chi connectivity index (χ3v) is 5.26. The van der Waals surface area contributed by atoms with Gasteiger partial charge >= 0.3 is 12.1 Å². The first-order chi connectivity index (χ1) is 11.5. The molecule has 0 aliphatic carbocycles. The minimum atomic E-state index is -4.68. The van der Waals surface area contributed by atoms with Crippen molar-refractivity contribution in [1.82, 2.24) is 14.8 Å². The summed E-state index contributed by atoms with van der Waals surface area (Å²) in [5, 5.41) is 3.97. The lowest BCUT2D eigenvalue weighted by molar-refractivity contribution is -0.140. The summed E-state index contributed by atoms with van der Waals surface area (Å²) < 4.78 is 51.0. The number of nitrogens with zero attached hydrogens (tertiary/aromatic N) is 3. The molecule has 0 saturated carbocycles. The van der Waals surface area contributed by atoms with Crippen LogP contribution in [0.15, 0.2) is 12.4 Å². The van der Waals surface area contributed by atoms with Crippen molar-refractivity contribution in [2.75, 3.05) is 13.7 Å². The SMILES string of the molecule is COC(=O)c1cnc(C(F)(F)F)c2c1cnn2COCC[Si](C)(C)C. The molecule has 0 unspecified atom stereocenters. The van der Waals surface area contributed by atoms with Gasteiger partial charge in [-0.1, -0.05) is 19.6 Å². The third kappa shape index (κ3) is 4.57. The van der Waals surface area contributed by atoms with Crippen molar-refractivity contribution in [2.24, 2.45) is 0 Å². The van der Waals surface area contributed by atoms with E-state index in [1.54, 1.807) is 0 Å². The van der Waals surface area contributed by atoms with Crippen LogP contribution in [0.1, 0.15) is 16.1 Å². The van der Waals surface area contributed by atoms with E-state index < -0.39 is 25.9 Å². The van der Waals surface area contributed by atoms with E-state index in [2.05, 4.69) is 34.5 Å². The third-order valence-electron chi connectivity index (χ3n) is 3.56. The Balaban J connectivity index is 2.39. The van der Waals surface area contributed by atoms with Crippen molar-refractivity contribution in [3.63, 3.8) is 0 Å². The average Bonchev–Trinajstić information content (AvgIpc) is 2.92. The summed E-state index contributed by atoms with van der Waals surface area (Å²) in [7, 11) is -0.162. The van der Waals surface area contributed by atoms with Crippen molar-refractivity contribution in [3.05, 3.63) is 23.7 Å². The predicted octanol–water partition coefficient (Wildman–Crippen LogP) is 3.55. The monoisotopic (exact) mass is 375 g/mol. The minimum Gasteiger partial charge on any atom is -0.465 e. The van der Waals surface area contributed by atoms with Gasteiger partial charge in [0.15, 0.2) is 5.69 Å². The Morgan fingerprint density at radius 3 is 2.52 bits per heavy atom. The zero-order chi connectivity index (χ0) is 18.8. The molecule has 2 heterocycles. The number of rotatable bonds is 6. The highest BCUT2D eigenvalue weighted by Gasteiger charge is 2.37. The van der Waals surface area contributed by atoms with Gasteiger partial charge in [0.25, 0.3) is 0 Å². The second-order valence-corrected chi connectivity index (χ2v) is 12.4. The van der Waals surface area contributed by atoms with Gasteiger partial charge in [-0.25, -0.2) is 14.5 Å². The van der Waals surface area contributed by atoms with Gasteiger partial charge in [0.2, 0.25) is 0 Å². The molecular formula is C15H20F3N3O3Si. The number of pyridine rings is 1. The maximum Gasteiger partial charge on any atom is 0.435 e. The molecule has 25 heavy (non-hydrogen) atoms. The molecule has 0 bridgehead atoms. The Labute approximate surface area is 143 Å². The van der Waals surface area contributed by atoms with Crippen LogP contribution >= 0.6 is 0 Å². The Morgan fingerprint density at radius 2 is 1.96 bits per heavy atom. The van der Waals surface area contributed by atoms with Crippen LogP contribution in [0.25, 0.3) is 10.9 Å².